The van der Waals surface area contributed by atoms with Crippen molar-refractivity contribution in [1.29, 1.82) is 0 Å². The van der Waals surface area contributed by atoms with Crippen molar-refractivity contribution in [1.82, 2.24) is 14.3 Å². The van der Waals surface area contributed by atoms with Crippen molar-refractivity contribution in [2.24, 2.45) is 5.92 Å². The average molecular weight is 320 g/mol. The lowest BCUT2D eigenvalue weighted by Crippen LogP contribution is -2.42. The minimum absolute atomic E-state index is 0.0710. The molecule has 0 spiro atoms. The van der Waals surface area contributed by atoms with Crippen molar-refractivity contribution in [3.63, 3.8) is 0 Å². The van der Waals surface area contributed by atoms with Crippen LogP contribution in [0.4, 0.5) is 0 Å². The summed E-state index contributed by atoms with van der Waals surface area (Å²) in [6.45, 7) is 4.48. The van der Waals surface area contributed by atoms with E-state index in [1.807, 2.05) is 18.4 Å². The third kappa shape index (κ3) is 3.35. The molecule has 1 fully saturated rings. The fourth-order valence-corrected chi connectivity index (χ4v) is 4.45. The highest BCUT2D eigenvalue weighted by molar-refractivity contribution is 7.89. The Morgan fingerprint density at radius 3 is 2.75 bits per heavy atom. The standard InChI is InChI=1S/C13H22ClN3O2S/c1-3-17-9-13(15-10(17)2)20(18,19)16-12-7-5-4-6-11(12)8-14/h9,11-12,16H,3-8H2,1-2H3. The number of imidazole rings is 1. The summed E-state index contributed by atoms with van der Waals surface area (Å²) in [5.74, 6) is 1.43. The Balaban J connectivity index is 2.17. The first-order chi connectivity index (χ1) is 9.47. The van der Waals surface area contributed by atoms with E-state index in [2.05, 4.69) is 9.71 Å². The molecule has 0 radical (unpaired) electrons. The van der Waals surface area contributed by atoms with Gasteiger partial charge in [-0.2, -0.15) is 0 Å². The van der Waals surface area contributed by atoms with E-state index in [1.165, 1.54) is 0 Å². The Labute approximate surface area is 125 Å². The van der Waals surface area contributed by atoms with E-state index in [9.17, 15) is 8.42 Å². The minimum atomic E-state index is -3.56. The van der Waals surface area contributed by atoms with Crippen LogP contribution in [0.15, 0.2) is 11.2 Å². The van der Waals surface area contributed by atoms with Crippen LogP contribution >= 0.6 is 11.6 Å². The predicted molar refractivity (Wildman–Crippen MR) is 79.4 cm³/mol. The highest BCUT2D eigenvalue weighted by Gasteiger charge is 2.30. The van der Waals surface area contributed by atoms with Gasteiger partial charge in [0.1, 0.15) is 5.82 Å². The molecule has 1 N–H and O–H groups in total. The predicted octanol–water partition coefficient (Wildman–Crippen LogP) is 2.29. The van der Waals surface area contributed by atoms with Crippen molar-refractivity contribution in [3.8, 4) is 0 Å². The lowest BCUT2D eigenvalue weighted by atomic mass is 9.86. The van der Waals surface area contributed by atoms with Crippen molar-refractivity contribution in [2.75, 3.05) is 5.88 Å². The molecule has 20 heavy (non-hydrogen) atoms. The van der Waals surface area contributed by atoms with E-state index < -0.39 is 10.0 Å². The monoisotopic (exact) mass is 319 g/mol. The number of nitrogens with zero attached hydrogens (tertiary/aromatic N) is 2. The Hall–Kier alpha value is -0.590. The molecule has 1 aromatic heterocycles. The number of aryl methyl sites for hydroxylation is 2. The van der Waals surface area contributed by atoms with Gasteiger partial charge in [0.2, 0.25) is 0 Å². The van der Waals surface area contributed by atoms with E-state index >= 15 is 0 Å². The van der Waals surface area contributed by atoms with Crippen LogP contribution in [0.2, 0.25) is 0 Å². The van der Waals surface area contributed by atoms with E-state index in [4.69, 9.17) is 11.6 Å². The zero-order valence-corrected chi connectivity index (χ0v) is 13.5. The quantitative estimate of drug-likeness (QED) is 0.847. The van der Waals surface area contributed by atoms with Gasteiger partial charge in [-0.1, -0.05) is 12.8 Å². The van der Waals surface area contributed by atoms with Gasteiger partial charge in [-0.05, 0) is 32.6 Å². The van der Waals surface area contributed by atoms with E-state index in [0.29, 0.717) is 18.2 Å². The van der Waals surface area contributed by atoms with Crippen LogP contribution in [0.25, 0.3) is 0 Å². The Morgan fingerprint density at radius 1 is 1.45 bits per heavy atom. The Bertz CT molecular complexity index is 556. The van der Waals surface area contributed by atoms with Crippen LogP contribution in [0, 0.1) is 12.8 Å². The van der Waals surface area contributed by atoms with Gasteiger partial charge in [0.05, 0.1) is 0 Å². The SMILES string of the molecule is CCn1cc(S(=O)(=O)NC2CCCCC2CCl)nc1C. The molecule has 7 heteroatoms. The van der Waals surface area contributed by atoms with E-state index in [-0.39, 0.29) is 17.0 Å². The number of sulfonamides is 1. The molecule has 2 unspecified atom stereocenters. The first-order valence-corrected chi connectivity index (χ1v) is 9.11. The fourth-order valence-electron chi connectivity index (χ4n) is 2.74. The molecule has 0 aliphatic heterocycles. The number of nitrogens with one attached hydrogen (secondary N) is 1. The molecule has 5 nitrogen and oxygen atoms in total. The number of aromatic nitrogens is 2. The van der Waals surface area contributed by atoms with Gasteiger partial charge in [-0.15, -0.1) is 11.6 Å². The highest BCUT2D eigenvalue weighted by Crippen LogP contribution is 2.26. The average Bonchev–Trinajstić information content (AvgIpc) is 2.81. The van der Waals surface area contributed by atoms with Crippen LogP contribution in [-0.4, -0.2) is 29.9 Å². The van der Waals surface area contributed by atoms with Gasteiger partial charge in [-0.3, -0.25) is 0 Å². The summed E-state index contributed by atoms with van der Waals surface area (Å²) in [5.41, 5.74) is 0. The summed E-state index contributed by atoms with van der Waals surface area (Å²) in [6, 6.07) is -0.0710. The van der Waals surface area contributed by atoms with Gasteiger partial charge in [0.25, 0.3) is 10.0 Å². The van der Waals surface area contributed by atoms with Gasteiger partial charge in [0, 0.05) is 24.7 Å². The molecular formula is C13H22ClN3O2S. The second kappa shape index (κ2) is 6.45. The van der Waals surface area contributed by atoms with Crippen LogP contribution in [-0.2, 0) is 16.6 Å². The van der Waals surface area contributed by atoms with E-state index in [0.717, 1.165) is 25.7 Å². The van der Waals surface area contributed by atoms with E-state index in [1.54, 1.807) is 6.20 Å². The second-order valence-electron chi connectivity index (χ2n) is 5.34. The van der Waals surface area contributed by atoms with Crippen molar-refractivity contribution in [3.05, 3.63) is 12.0 Å². The zero-order chi connectivity index (χ0) is 14.8. The summed E-state index contributed by atoms with van der Waals surface area (Å²) in [7, 11) is -3.56. The normalized spacial score (nSPS) is 23.9. The molecule has 2 rings (SSSR count). The van der Waals surface area contributed by atoms with Gasteiger partial charge >= 0.3 is 0 Å². The largest absolute Gasteiger partial charge is 0.334 e. The molecule has 1 aliphatic rings. The zero-order valence-electron chi connectivity index (χ0n) is 12.0. The third-order valence-corrected chi connectivity index (χ3v) is 5.74. The number of rotatable bonds is 5. The summed E-state index contributed by atoms with van der Waals surface area (Å²) in [5, 5.41) is 0.107. The fraction of sp³-hybridized carbons (Fsp3) is 0.769. The molecule has 1 saturated carbocycles. The Morgan fingerprint density at radius 2 is 2.15 bits per heavy atom. The topological polar surface area (TPSA) is 64.0 Å². The summed E-state index contributed by atoms with van der Waals surface area (Å²) in [4.78, 5) is 4.15. The maximum absolute atomic E-state index is 12.4. The molecule has 0 bridgehead atoms. The maximum atomic E-state index is 12.4. The number of alkyl halides is 1. The van der Waals surface area contributed by atoms with Crippen molar-refractivity contribution in [2.45, 2.75) is 57.1 Å². The lowest BCUT2D eigenvalue weighted by Gasteiger charge is -2.30. The molecule has 0 amide bonds. The molecule has 0 saturated heterocycles. The molecule has 0 aromatic carbocycles. The van der Waals surface area contributed by atoms with Crippen molar-refractivity contribution < 1.29 is 8.42 Å². The summed E-state index contributed by atoms with van der Waals surface area (Å²) >= 11 is 5.95. The Kier molecular flexibility index (Phi) is 5.09. The minimum Gasteiger partial charge on any atom is -0.334 e. The number of hydrogen-bond acceptors (Lipinski definition) is 3. The molecule has 1 aromatic rings. The van der Waals surface area contributed by atoms with Crippen LogP contribution < -0.4 is 4.72 Å². The third-order valence-electron chi connectivity index (χ3n) is 3.98. The first-order valence-electron chi connectivity index (χ1n) is 7.10. The molecular weight excluding hydrogens is 298 g/mol. The molecule has 1 aliphatic carbocycles. The number of halogens is 1. The summed E-state index contributed by atoms with van der Waals surface area (Å²) < 4.78 is 29.4. The van der Waals surface area contributed by atoms with Gasteiger partial charge in [0.15, 0.2) is 5.03 Å². The number of hydrogen-bond donors (Lipinski definition) is 1. The van der Waals surface area contributed by atoms with Crippen LogP contribution in [0.5, 0.6) is 0 Å². The highest BCUT2D eigenvalue weighted by atomic mass is 35.5. The first kappa shape index (κ1) is 15.8. The summed E-state index contributed by atoms with van der Waals surface area (Å²) in [6.07, 6.45) is 5.60. The van der Waals surface area contributed by atoms with Crippen LogP contribution in [0.3, 0.4) is 0 Å². The molecule has 114 valence electrons. The van der Waals surface area contributed by atoms with Crippen molar-refractivity contribution >= 4 is 21.6 Å². The molecule has 1 heterocycles. The maximum Gasteiger partial charge on any atom is 0.259 e. The molecule has 2 atom stereocenters. The van der Waals surface area contributed by atoms with Crippen LogP contribution in [0.1, 0.15) is 38.4 Å². The van der Waals surface area contributed by atoms with Gasteiger partial charge < -0.3 is 4.57 Å². The lowest BCUT2D eigenvalue weighted by molar-refractivity contribution is 0.313. The van der Waals surface area contributed by atoms with Gasteiger partial charge in [-0.25, -0.2) is 18.1 Å². The smallest absolute Gasteiger partial charge is 0.259 e. The second-order valence-corrected chi connectivity index (χ2v) is 7.31.